The van der Waals surface area contributed by atoms with Crippen LogP contribution in [0.5, 0.6) is 5.75 Å². The fraction of sp³-hybridized carbons (Fsp3) is 0.417. The monoisotopic (exact) mass is 412 g/mol. The predicted octanol–water partition coefficient (Wildman–Crippen LogP) is 3.84. The number of rotatable bonds is 6. The number of benzene rings is 2. The molecule has 1 saturated heterocycles. The lowest BCUT2D eigenvalue weighted by Gasteiger charge is -2.44. The maximum atomic E-state index is 13.1. The van der Waals surface area contributed by atoms with E-state index in [0.717, 1.165) is 24.2 Å². The zero-order valence-corrected chi connectivity index (χ0v) is 18.0. The normalized spacial score (nSPS) is 19.6. The lowest BCUT2D eigenvalue weighted by atomic mass is 10.1. The molecule has 6 heteroatoms. The van der Waals surface area contributed by atoms with E-state index in [9.17, 15) is 14.0 Å². The van der Waals surface area contributed by atoms with Crippen LogP contribution in [0.1, 0.15) is 42.3 Å². The molecular weight excluding hydrogens is 383 g/mol. The quantitative estimate of drug-likeness (QED) is 0.677. The molecule has 2 atom stereocenters. The van der Waals surface area contributed by atoms with Crippen LogP contribution in [0.15, 0.2) is 42.5 Å². The fourth-order valence-corrected chi connectivity index (χ4v) is 3.86. The van der Waals surface area contributed by atoms with Crippen molar-refractivity contribution in [3.05, 3.63) is 65.0 Å². The van der Waals surface area contributed by atoms with Crippen molar-refractivity contribution in [2.24, 2.45) is 0 Å². The Labute approximate surface area is 177 Å². The first-order valence-electron chi connectivity index (χ1n) is 10.3. The smallest absolute Gasteiger partial charge is 0.260 e. The second-order valence-electron chi connectivity index (χ2n) is 8.14. The standard InChI is InChI=1S/C24H29FN2O3/c1-16-5-10-23(22(11-16)19(4)28)30-15-24(29)27-13-17(2)26(12-18(27)3)14-20-6-8-21(25)9-7-20/h5-11,17-18H,12-15H2,1-4H3/t17-,18+/m1/s1. The molecule has 0 radical (unpaired) electrons. The van der Waals surface area contributed by atoms with Gasteiger partial charge in [-0.25, -0.2) is 4.39 Å². The fourth-order valence-electron chi connectivity index (χ4n) is 3.86. The first-order chi connectivity index (χ1) is 14.2. The van der Waals surface area contributed by atoms with Crippen LogP contribution in [-0.2, 0) is 11.3 Å². The molecule has 0 saturated carbocycles. The van der Waals surface area contributed by atoms with E-state index in [1.54, 1.807) is 24.3 Å². The topological polar surface area (TPSA) is 49.9 Å². The number of carbonyl (C=O) groups is 2. The molecule has 1 aliphatic heterocycles. The number of ether oxygens (including phenoxy) is 1. The maximum absolute atomic E-state index is 13.1. The maximum Gasteiger partial charge on any atom is 0.260 e. The van der Waals surface area contributed by atoms with Gasteiger partial charge < -0.3 is 9.64 Å². The number of nitrogens with zero attached hydrogens (tertiary/aromatic N) is 2. The molecule has 1 amide bonds. The SMILES string of the molecule is CC(=O)c1cc(C)ccc1OCC(=O)N1C[C@@H](C)N(Cc2ccc(F)cc2)C[C@@H]1C. The molecule has 2 aromatic rings. The van der Waals surface area contributed by atoms with E-state index in [1.165, 1.54) is 19.1 Å². The van der Waals surface area contributed by atoms with E-state index in [2.05, 4.69) is 11.8 Å². The highest BCUT2D eigenvalue weighted by Gasteiger charge is 2.32. The summed E-state index contributed by atoms with van der Waals surface area (Å²) in [4.78, 5) is 28.8. The molecule has 30 heavy (non-hydrogen) atoms. The number of piperazine rings is 1. The third-order valence-electron chi connectivity index (χ3n) is 5.60. The summed E-state index contributed by atoms with van der Waals surface area (Å²) >= 11 is 0. The van der Waals surface area contributed by atoms with Gasteiger partial charge in [0.2, 0.25) is 0 Å². The van der Waals surface area contributed by atoms with Gasteiger partial charge in [-0.1, -0.05) is 23.8 Å². The summed E-state index contributed by atoms with van der Waals surface area (Å²) in [6, 6.07) is 12.1. The second-order valence-corrected chi connectivity index (χ2v) is 8.14. The van der Waals surface area contributed by atoms with E-state index in [-0.39, 0.29) is 36.2 Å². The molecule has 1 heterocycles. The van der Waals surface area contributed by atoms with Crippen molar-refractivity contribution in [2.75, 3.05) is 19.7 Å². The number of hydrogen-bond acceptors (Lipinski definition) is 4. The minimum atomic E-state index is -0.239. The van der Waals surface area contributed by atoms with E-state index in [1.807, 2.05) is 24.8 Å². The van der Waals surface area contributed by atoms with Gasteiger partial charge in [-0.3, -0.25) is 14.5 Å². The number of amides is 1. The van der Waals surface area contributed by atoms with Crippen molar-refractivity contribution in [1.29, 1.82) is 0 Å². The Morgan fingerprint density at radius 1 is 1.07 bits per heavy atom. The summed E-state index contributed by atoms with van der Waals surface area (Å²) in [5, 5.41) is 0. The predicted molar refractivity (Wildman–Crippen MR) is 114 cm³/mol. The largest absolute Gasteiger partial charge is 0.483 e. The van der Waals surface area contributed by atoms with Crippen molar-refractivity contribution in [3.8, 4) is 5.75 Å². The Hall–Kier alpha value is -2.73. The number of Topliss-reactive ketones (excluding diaryl/α,β-unsaturated/α-hetero) is 1. The second kappa shape index (κ2) is 9.39. The molecule has 3 rings (SSSR count). The Morgan fingerprint density at radius 3 is 2.43 bits per heavy atom. The molecule has 2 aromatic carbocycles. The number of aryl methyl sites for hydroxylation is 1. The minimum absolute atomic E-state index is 0.0306. The van der Waals surface area contributed by atoms with E-state index in [0.29, 0.717) is 17.9 Å². The molecule has 0 aliphatic carbocycles. The Bertz CT molecular complexity index is 913. The summed E-state index contributed by atoms with van der Waals surface area (Å²) in [5.74, 6) is 0.0255. The highest BCUT2D eigenvalue weighted by molar-refractivity contribution is 5.97. The number of hydrogen-bond donors (Lipinski definition) is 0. The van der Waals surface area contributed by atoms with E-state index < -0.39 is 0 Å². The van der Waals surface area contributed by atoms with Crippen molar-refractivity contribution in [2.45, 2.75) is 46.3 Å². The molecule has 1 aliphatic rings. The van der Waals surface area contributed by atoms with Crippen LogP contribution in [0.25, 0.3) is 0 Å². The van der Waals surface area contributed by atoms with Crippen molar-refractivity contribution in [1.82, 2.24) is 9.80 Å². The van der Waals surface area contributed by atoms with Gasteiger partial charge in [0.25, 0.3) is 5.91 Å². The summed E-state index contributed by atoms with van der Waals surface area (Å²) in [7, 11) is 0. The zero-order chi connectivity index (χ0) is 21.8. The molecule has 160 valence electrons. The van der Waals surface area contributed by atoms with Crippen molar-refractivity contribution in [3.63, 3.8) is 0 Å². The van der Waals surface area contributed by atoms with Gasteiger partial charge >= 0.3 is 0 Å². The van der Waals surface area contributed by atoms with Gasteiger partial charge in [0.1, 0.15) is 11.6 Å². The summed E-state index contributed by atoms with van der Waals surface area (Å²) in [5.41, 5.74) is 2.52. The average molecular weight is 413 g/mol. The van der Waals surface area contributed by atoms with Crippen LogP contribution in [0.4, 0.5) is 4.39 Å². The number of halogens is 1. The van der Waals surface area contributed by atoms with Gasteiger partial charge in [-0.15, -0.1) is 0 Å². The highest BCUT2D eigenvalue weighted by atomic mass is 19.1. The molecule has 5 nitrogen and oxygen atoms in total. The summed E-state index contributed by atoms with van der Waals surface area (Å²) in [6.45, 7) is 9.46. The van der Waals surface area contributed by atoms with Crippen LogP contribution in [0, 0.1) is 12.7 Å². The Balaban J connectivity index is 1.60. The summed E-state index contributed by atoms with van der Waals surface area (Å²) < 4.78 is 18.9. The van der Waals surface area contributed by atoms with Crippen molar-refractivity contribution >= 4 is 11.7 Å². The van der Waals surface area contributed by atoms with Gasteiger partial charge in [0.05, 0.1) is 5.56 Å². The van der Waals surface area contributed by atoms with Crippen LogP contribution < -0.4 is 4.74 Å². The molecular formula is C24H29FN2O3. The summed E-state index contributed by atoms with van der Waals surface area (Å²) in [6.07, 6.45) is 0. The first kappa shape index (κ1) is 22.0. The van der Waals surface area contributed by atoms with Crippen LogP contribution in [0.3, 0.4) is 0 Å². The molecule has 0 aromatic heterocycles. The van der Waals surface area contributed by atoms with Crippen LogP contribution in [0.2, 0.25) is 0 Å². The van der Waals surface area contributed by atoms with Gasteiger partial charge in [0, 0.05) is 31.7 Å². The lowest BCUT2D eigenvalue weighted by molar-refractivity contribution is -0.139. The molecule has 1 fully saturated rings. The number of carbonyl (C=O) groups excluding carboxylic acids is 2. The number of ketones is 1. The zero-order valence-electron chi connectivity index (χ0n) is 18.0. The molecule has 0 spiro atoms. The molecule has 0 unspecified atom stereocenters. The Kier molecular flexibility index (Phi) is 6.87. The third-order valence-corrected chi connectivity index (χ3v) is 5.60. The van der Waals surface area contributed by atoms with E-state index >= 15 is 0 Å². The average Bonchev–Trinajstić information content (AvgIpc) is 2.70. The van der Waals surface area contributed by atoms with Gasteiger partial charge in [0.15, 0.2) is 12.4 Å². The van der Waals surface area contributed by atoms with E-state index in [4.69, 9.17) is 4.74 Å². The minimum Gasteiger partial charge on any atom is -0.483 e. The van der Waals surface area contributed by atoms with Gasteiger partial charge in [-0.2, -0.15) is 0 Å². The van der Waals surface area contributed by atoms with Crippen LogP contribution >= 0.6 is 0 Å². The molecule has 0 bridgehead atoms. The Morgan fingerprint density at radius 2 is 1.77 bits per heavy atom. The van der Waals surface area contributed by atoms with Gasteiger partial charge in [-0.05, 0) is 57.5 Å². The highest BCUT2D eigenvalue weighted by Crippen LogP contribution is 2.22. The first-order valence-corrected chi connectivity index (χ1v) is 10.3. The third kappa shape index (κ3) is 5.25. The van der Waals surface area contributed by atoms with Crippen LogP contribution in [-0.4, -0.2) is 53.3 Å². The van der Waals surface area contributed by atoms with Crippen molar-refractivity contribution < 1.29 is 18.7 Å². The lowest BCUT2D eigenvalue weighted by Crippen LogP contribution is -2.58. The molecule has 0 N–H and O–H groups in total.